The van der Waals surface area contributed by atoms with Crippen molar-refractivity contribution in [3.8, 4) is 0 Å². The number of likely N-dealkylation sites (tertiary alicyclic amines) is 1. The van der Waals surface area contributed by atoms with Gasteiger partial charge >= 0.3 is 6.09 Å². The number of unbranched alkanes of at least 4 members (excludes halogenated alkanes) is 2. The summed E-state index contributed by atoms with van der Waals surface area (Å²) in [4.78, 5) is 21.6. The van der Waals surface area contributed by atoms with Gasteiger partial charge in [-0.3, -0.25) is 9.80 Å². The second-order valence-electron chi connectivity index (χ2n) is 8.84. The molecule has 1 aliphatic rings. The lowest BCUT2D eigenvalue weighted by atomic mass is 9.96. The molecule has 0 saturated carbocycles. The average Bonchev–Trinajstić information content (AvgIpc) is 2.66. The maximum Gasteiger partial charge on any atom is 0.416 e. The van der Waals surface area contributed by atoms with E-state index in [0.29, 0.717) is 18.4 Å². The first-order valence-electron chi connectivity index (χ1n) is 11.1. The number of pyridine rings is 1. The summed E-state index contributed by atoms with van der Waals surface area (Å²) in [5.74, 6) is 0.683. The van der Waals surface area contributed by atoms with Crippen LogP contribution in [-0.4, -0.2) is 41.2 Å². The van der Waals surface area contributed by atoms with Crippen molar-refractivity contribution in [1.29, 1.82) is 0 Å². The second kappa shape index (κ2) is 10.8. The molecule has 0 radical (unpaired) electrons. The van der Waals surface area contributed by atoms with E-state index in [1.54, 1.807) is 4.90 Å². The predicted molar refractivity (Wildman–Crippen MR) is 116 cm³/mol. The number of hydrogen-bond donors (Lipinski definition) is 0. The van der Waals surface area contributed by atoms with E-state index >= 15 is 0 Å². The fourth-order valence-corrected chi connectivity index (χ4v) is 3.68. The minimum Gasteiger partial charge on any atom is -0.443 e. The molecule has 0 aliphatic carbocycles. The summed E-state index contributed by atoms with van der Waals surface area (Å²) in [6.07, 6.45) is 9.81. The topological polar surface area (TPSA) is 45.7 Å². The minimum absolute atomic E-state index is 0.316. The van der Waals surface area contributed by atoms with Gasteiger partial charge in [0.05, 0.1) is 0 Å². The van der Waals surface area contributed by atoms with Gasteiger partial charge in [-0.25, -0.2) is 9.78 Å². The molecule has 158 valence electrons. The zero-order chi connectivity index (χ0) is 20.6. The number of anilines is 1. The van der Waals surface area contributed by atoms with Crippen molar-refractivity contribution in [2.24, 2.45) is 0 Å². The van der Waals surface area contributed by atoms with Crippen LogP contribution in [0.5, 0.6) is 0 Å². The zero-order valence-electron chi connectivity index (χ0n) is 18.5. The van der Waals surface area contributed by atoms with Gasteiger partial charge in [0.15, 0.2) is 0 Å². The third kappa shape index (κ3) is 6.77. The summed E-state index contributed by atoms with van der Waals surface area (Å²) >= 11 is 0. The van der Waals surface area contributed by atoms with Crippen LogP contribution in [-0.2, 0) is 4.74 Å². The van der Waals surface area contributed by atoms with Crippen LogP contribution >= 0.6 is 0 Å². The van der Waals surface area contributed by atoms with Crippen LogP contribution in [0.3, 0.4) is 0 Å². The number of rotatable bonds is 8. The maximum atomic E-state index is 12.7. The largest absolute Gasteiger partial charge is 0.443 e. The standard InChI is InChI=1S/C23H39N3O2/c1-6-8-15-25-16-11-10-12-20(25)19-13-14-21(24-18-19)26(17-9-7-2)22(27)28-23(3,4)5/h13-14,18,20H,6-12,15-17H2,1-5H3/t20-/m0/s1. The Hall–Kier alpha value is -1.62. The van der Waals surface area contributed by atoms with Gasteiger partial charge in [0, 0.05) is 18.8 Å². The number of amides is 1. The van der Waals surface area contributed by atoms with Gasteiger partial charge in [-0.2, -0.15) is 0 Å². The van der Waals surface area contributed by atoms with Crippen molar-refractivity contribution in [3.63, 3.8) is 0 Å². The molecule has 1 saturated heterocycles. The van der Waals surface area contributed by atoms with Crippen molar-refractivity contribution < 1.29 is 9.53 Å². The summed E-state index contributed by atoms with van der Waals surface area (Å²) in [6.45, 7) is 13.0. The molecule has 0 N–H and O–H groups in total. The maximum absolute atomic E-state index is 12.7. The highest BCUT2D eigenvalue weighted by molar-refractivity contribution is 5.86. The number of piperidine rings is 1. The number of carbonyl (C=O) groups is 1. The van der Waals surface area contributed by atoms with Crippen molar-refractivity contribution in [2.75, 3.05) is 24.5 Å². The monoisotopic (exact) mass is 389 g/mol. The number of carbonyl (C=O) groups excluding carboxylic acids is 1. The molecule has 1 aromatic heterocycles. The molecule has 1 atom stereocenters. The summed E-state index contributed by atoms with van der Waals surface area (Å²) in [5.41, 5.74) is 0.753. The SMILES string of the molecule is CCCCN(C(=O)OC(C)(C)C)c1ccc([C@@H]2CCCCN2CCCC)cn1. The zero-order valence-corrected chi connectivity index (χ0v) is 18.5. The molecule has 1 aromatic rings. The van der Waals surface area contributed by atoms with E-state index in [-0.39, 0.29) is 6.09 Å². The van der Waals surface area contributed by atoms with Gasteiger partial charge in [-0.15, -0.1) is 0 Å². The molecule has 5 heteroatoms. The summed E-state index contributed by atoms with van der Waals surface area (Å²) in [6, 6.07) is 4.59. The lowest BCUT2D eigenvalue weighted by Crippen LogP contribution is -2.38. The molecule has 1 amide bonds. The Kier molecular flexibility index (Phi) is 8.74. The highest BCUT2D eigenvalue weighted by Gasteiger charge is 2.26. The first kappa shape index (κ1) is 22.7. The van der Waals surface area contributed by atoms with E-state index in [1.807, 2.05) is 33.0 Å². The van der Waals surface area contributed by atoms with Crippen molar-refractivity contribution in [2.45, 2.75) is 91.2 Å². The number of nitrogens with zero attached hydrogens (tertiary/aromatic N) is 3. The van der Waals surface area contributed by atoms with E-state index < -0.39 is 5.60 Å². The van der Waals surface area contributed by atoms with Crippen molar-refractivity contribution in [3.05, 3.63) is 23.9 Å². The van der Waals surface area contributed by atoms with Crippen LogP contribution in [0.1, 0.15) is 91.2 Å². The molecule has 0 unspecified atom stereocenters. The molecule has 2 heterocycles. The quantitative estimate of drug-likeness (QED) is 0.551. The molecule has 28 heavy (non-hydrogen) atoms. The lowest BCUT2D eigenvalue weighted by Gasteiger charge is -2.36. The van der Waals surface area contributed by atoms with Gasteiger partial charge in [-0.05, 0) is 71.2 Å². The van der Waals surface area contributed by atoms with Gasteiger partial charge < -0.3 is 4.74 Å². The summed E-state index contributed by atoms with van der Waals surface area (Å²) < 4.78 is 5.60. The molecule has 0 bridgehead atoms. The van der Waals surface area contributed by atoms with Crippen molar-refractivity contribution in [1.82, 2.24) is 9.88 Å². The Labute approximate surface area is 171 Å². The highest BCUT2D eigenvalue weighted by atomic mass is 16.6. The second-order valence-corrected chi connectivity index (χ2v) is 8.84. The van der Waals surface area contributed by atoms with E-state index in [1.165, 1.54) is 44.2 Å². The fourth-order valence-electron chi connectivity index (χ4n) is 3.68. The minimum atomic E-state index is -0.511. The van der Waals surface area contributed by atoms with Crippen LogP contribution in [0.4, 0.5) is 10.6 Å². The average molecular weight is 390 g/mol. The number of ether oxygens (including phenoxy) is 1. The molecular formula is C23H39N3O2. The number of hydrogen-bond acceptors (Lipinski definition) is 4. The Bertz CT molecular complexity index is 595. The van der Waals surface area contributed by atoms with E-state index in [0.717, 1.165) is 19.4 Å². The Balaban J connectivity index is 2.15. The van der Waals surface area contributed by atoms with Crippen LogP contribution in [0, 0.1) is 0 Å². The van der Waals surface area contributed by atoms with E-state index in [9.17, 15) is 4.79 Å². The van der Waals surface area contributed by atoms with Crippen molar-refractivity contribution >= 4 is 11.9 Å². The highest BCUT2D eigenvalue weighted by Crippen LogP contribution is 2.31. The Morgan fingerprint density at radius 3 is 2.57 bits per heavy atom. The van der Waals surface area contributed by atoms with Crippen LogP contribution < -0.4 is 4.90 Å². The van der Waals surface area contributed by atoms with Crippen LogP contribution in [0.25, 0.3) is 0 Å². The third-order valence-electron chi connectivity index (χ3n) is 5.19. The van der Waals surface area contributed by atoms with Crippen LogP contribution in [0.2, 0.25) is 0 Å². The van der Waals surface area contributed by atoms with Gasteiger partial charge in [-0.1, -0.05) is 39.2 Å². The van der Waals surface area contributed by atoms with Gasteiger partial charge in [0.25, 0.3) is 0 Å². The molecule has 5 nitrogen and oxygen atoms in total. The smallest absolute Gasteiger partial charge is 0.416 e. The summed E-state index contributed by atoms with van der Waals surface area (Å²) in [7, 11) is 0. The molecule has 0 aromatic carbocycles. The molecule has 1 fully saturated rings. The van der Waals surface area contributed by atoms with E-state index in [4.69, 9.17) is 4.74 Å². The lowest BCUT2D eigenvalue weighted by molar-refractivity contribution is 0.0578. The van der Waals surface area contributed by atoms with Gasteiger partial charge in [0.2, 0.25) is 0 Å². The fraction of sp³-hybridized carbons (Fsp3) is 0.739. The van der Waals surface area contributed by atoms with Crippen LogP contribution in [0.15, 0.2) is 18.3 Å². The predicted octanol–water partition coefficient (Wildman–Crippen LogP) is 5.95. The molecule has 0 spiro atoms. The van der Waals surface area contributed by atoms with Gasteiger partial charge in [0.1, 0.15) is 11.4 Å². The Morgan fingerprint density at radius 2 is 1.96 bits per heavy atom. The first-order chi connectivity index (χ1) is 13.4. The third-order valence-corrected chi connectivity index (χ3v) is 5.19. The first-order valence-corrected chi connectivity index (χ1v) is 11.1. The normalized spacial score (nSPS) is 18.1. The van der Waals surface area contributed by atoms with E-state index in [2.05, 4.69) is 29.8 Å². The number of aromatic nitrogens is 1. The summed E-state index contributed by atoms with van der Waals surface area (Å²) in [5, 5.41) is 0. The Morgan fingerprint density at radius 1 is 1.21 bits per heavy atom. The molecule has 2 rings (SSSR count). The molecule has 1 aliphatic heterocycles. The molecular weight excluding hydrogens is 350 g/mol.